The predicted molar refractivity (Wildman–Crippen MR) is 98.9 cm³/mol. The number of rotatable bonds is 19. The smallest absolute Gasteiger partial charge is 0.424 e. The summed E-state index contributed by atoms with van der Waals surface area (Å²) in [5.74, 6) is 0. The number of hydrogen-bond donors (Lipinski definition) is 0. The quantitative estimate of drug-likeness (QED) is 0.192. The van der Waals surface area contributed by atoms with E-state index >= 15 is 0 Å². The number of hydrogen-bond acceptors (Lipinski definition) is 4. The van der Waals surface area contributed by atoms with Crippen LogP contribution in [0.2, 0.25) is 0 Å². The summed E-state index contributed by atoms with van der Waals surface area (Å²) in [5, 5.41) is 0. The summed E-state index contributed by atoms with van der Waals surface area (Å²) in [6.07, 6.45) is 22.7. The topological polar surface area (TPSA) is 43.4 Å². The molecule has 0 rings (SSSR count). The zero-order chi connectivity index (χ0) is 17.0. The fraction of sp³-hybridized carbons (Fsp3) is 1.00. The molecule has 0 aromatic heterocycles. The van der Waals surface area contributed by atoms with Gasteiger partial charge in [0, 0.05) is 6.61 Å². The molecule has 0 N–H and O–H groups in total. The average Bonchev–Trinajstić information content (AvgIpc) is 2.53. The molecule has 0 aromatic rings. The molecule has 140 valence electrons. The van der Waals surface area contributed by atoms with E-state index in [2.05, 4.69) is 11.1 Å². The van der Waals surface area contributed by atoms with E-state index in [9.17, 15) is 8.42 Å². The predicted octanol–water partition coefficient (Wildman–Crippen LogP) is 3.88. The first kappa shape index (κ1) is 27.8. The van der Waals surface area contributed by atoms with Crippen LogP contribution in [0.3, 0.4) is 0 Å². The van der Waals surface area contributed by atoms with Crippen LogP contribution in [0.1, 0.15) is 116 Å². The van der Waals surface area contributed by atoms with Crippen LogP contribution in [0.5, 0.6) is 0 Å². The van der Waals surface area contributed by atoms with E-state index in [-0.39, 0.29) is 51.4 Å². The third-order valence-corrected chi connectivity index (χ3v) is 4.79. The Hall–Kier alpha value is 1.55. The van der Waals surface area contributed by atoms with E-state index in [1.165, 1.54) is 96.3 Å². The van der Waals surface area contributed by atoms with Crippen molar-refractivity contribution in [3.8, 4) is 0 Å². The van der Waals surface area contributed by atoms with Crippen LogP contribution in [0.4, 0.5) is 0 Å². The first-order chi connectivity index (χ1) is 11.3. The Labute approximate surface area is 195 Å². The van der Waals surface area contributed by atoms with Crippen molar-refractivity contribution in [2.24, 2.45) is 0 Å². The summed E-state index contributed by atoms with van der Waals surface area (Å²) >= 11 is 0. The standard InChI is InChI=1S/C19H39O3S.K/c1-2-3-4-5-6-7-8-9-10-11-12-13-14-15-16-17-18-19-22-23(20)21;/h2-19H2,1H3;/q-1;+1. The van der Waals surface area contributed by atoms with Crippen LogP contribution in [0.25, 0.3) is 0 Å². The molecule has 0 bridgehead atoms. The molecular formula is C19H39KO3S. The van der Waals surface area contributed by atoms with Gasteiger partial charge in [-0.05, 0) is 6.42 Å². The normalized spacial score (nSPS) is 10.9. The van der Waals surface area contributed by atoms with Crippen LogP contribution in [0, 0.1) is 0 Å². The van der Waals surface area contributed by atoms with Gasteiger partial charge in [0.1, 0.15) is 0 Å². The maximum Gasteiger partial charge on any atom is 1.00 e. The third kappa shape index (κ3) is 25.8. The van der Waals surface area contributed by atoms with Crippen LogP contribution in [-0.2, 0) is 23.6 Å². The van der Waals surface area contributed by atoms with Crippen LogP contribution >= 0.6 is 0 Å². The molecule has 0 atom stereocenters. The summed E-state index contributed by atoms with van der Waals surface area (Å²) in [5.41, 5.74) is 0. The van der Waals surface area contributed by atoms with E-state index in [1.54, 1.807) is 0 Å². The molecule has 0 aromatic carbocycles. The maximum atomic E-state index is 10.1. The fourth-order valence-electron chi connectivity index (χ4n) is 2.95. The van der Waals surface area contributed by atoms with Gasteiger partial charge >= 0.3 is 51.4 Å². The Morgan fingerprint density at radius 1 is 0.542 bits per heavy atom. The molecule has 3 nitrogen and oxygen atoms in total. The molecule has 0 radical (unpaired) electrons. The largest absolute Gasteiger partial charge is 1.00 e. The van der Waals surface area contributed by atoms with Crippen LogP contribution in [0.15, 0.2) is 0 Å². The van der Waals surface area contributed by atoms with Crippen molar-refractivity contribution in [1.82, 2.24) is 0 Å². The van der Waals surface area contributed by atoms with Gasteiger partial charge in [-0.3, -0.25) is 0 Å². The molecule has 0 saturated heterocycles. The average molecular weight is 387 g/mol. The summed E-state index contributed by atoms with van der Waals surface area (Å²) in [4.78, 5) is 0. The summed E-state index contributed by atoms with van der Waals surface area (Å²) < 4.78 is 24.8. The molecule has 0 aliphatic carbocycles. The van der Waals surface area contributed by atoms with Crippen LogP contribution < -0.4 is 51.4 Å². The van der Waals surface area contributed by atoms with Gasteiger partial charge in [-0.1, -0.05) is 110 Å². The zero-order valence-corrected chi connectivity index (χ0v) is 20.3. The van der Waals surface area contributed by atoms with E-state index in [0.717, 1.165) is 12.8 Å². The Morgan fingerprint density at radius 3 is 1.12 bits per heavy atom. The first-order valence-electron chi connectivity index (χ1n) is 10.00. The van der Waals surface area contributed by atoms with Gasteiger partial charge in [0.25, 0.3) is 0 Å². The molecule has 0 aliphatic rings. The molecule has 0 unspecified atom stereocenters. The number of unbranched alkanes of at least 4 members (excludes halogenated alkanes) is 16. The van der Waals surface area contributed by atoms with Gasteiger partial charge in [-0.25, -0.2) is 0 Å². The van der Waals surface area contributed by atoms with Gasteiger partial charge in [0.15, 0.2) is 0 Å². The van der Waals surface area contributed by atoms with Gasteiger partial charge in [0.2, 0.25) is 0 Å². The Kier molecular flexibility index (Phi) is 28.4. The molecule has 0 aliphatic heterocycles. The fourth-order valence-corrected chi connectivity index (χ4v) is 3.21. The zero-order valence-electron chi connectivity index (χ0n) is 16.4. The summed E-state index contributed by atoms with van der Waals surface area (Å²) in [6.45, 7) is 2.62. The molecule has 0 spiro atoms. The second-order valence-corrected chi connectivity index (χ2v) is 7.33. The van der Waals surface area contributed by atoms with Crippen molar-refractivity contribution >= 4 is 11.0 Å². The molecule has 0 amide bonds. The van der Waals surface area contributed by atoms with E-state index in [0.29, 0.717) is 6.61 Å². The van der Waals surface area contributed by atoms with Gasteiger partial charge < -0.3 is 12.6 Å². The second-order valence-electron chi connectivity index (χ2n) is 6.68. The van der Waals surface area contributed by atoms with E-state index < -0.39 is 11.0 Å². The van der Waals surface area contributed by atoms with Crippen molar-refractivity contribution < 1.29 is 64.0 Å². The molecule has 0 saturated carbocycles. The second kappa shape index (κ2) is 24.5. The van der Waals surface area contributed by atoms with Crippen molar-refractivity contribution in [2.75, 3.05) is 6.61 Å². The summed E-state index contributed by atoms with van der Waals surface area (Å²) in [6, 6.07) is 0. The Balaban J connectivity index is 0. The minimum Gasteiger partial charge on any atom is -0.424 e. The minimum atomic E-state index is -2.33. The summed E-state index contributed by atoms with van der Waals surface area (Å²) in [7, 11) is -2.33. The molecular weight excluding hydrogens is 347 g/mol. The van der Waals surface area contributed by atoms with Gasteiger partial charge in [-0.2, -0.15) is 0 Å². The van der Waals surface area contributed by atoms with Gasteiger partial charge in [0.05, 0.1) is 11.0 Å². The van der Waals surface area contributed by atoms with Crippen molar-refractivity contribution in [2.45, 2.75) is 116 Å². The van der Waals surface area contributed by atoms with Crippen molar-refractivity contribution in [3.63, 3.8) is 0 Å². The van der Waals surface area contributed by atoms with Crippen molar-refractivity contribution in [3.05, 3.63) is 0 Å². The SMILES string of the molecule is CCCCCCCCCCCCCCCCCCCO[S-](=O)=O.[K+]. The monoisotopic (exact) mass is 386 g/mol. The van der Waals surface area contributed by atoms with Crippen molar-refractivity contribution in [1.29, 1.82) is 0 Å². The Morgan fingerprint density at radius 2 is 0.833 bits per heavy atom. The maximum absolute atomic E-state index is 10.1. The molecule has 5 heteroatoms. The molecule has 24 heavy (non-hydrogen) atoms. The Bertz CT molecular complexity index is 288. The van der Waals surface area contributed by atoms with Crippen LogP contribution in [-0.4, -0.2) is 6.61 Å². The minimum absolute atomic E-state index is 0. The molecule has 0 fully saturated rings. The molecule has 0 heterocycles. The van der Waals surface area contributed by atoms with Gasteiger partial charge in [-0.15, -0.1) is 0 Å². The van der Waals surface area contributed by atoms with E-state index in [1.807, 2.05) is 0 Å². The first-order valence-corrected chi connectivity index (χ1v) is 11.0. The third-order valence-electron chi connectivity index (χ3n) is 4.43. The van der Waals surface area contributed by atoms with E-state index in [4.69, 9.17) is 0 Å².